The quantitative estimate of drug-likeness (QED) is 0.597. The number of carbonyl (C=O) groups excluding carboxylic acids is 1. The van der Waals surface area contributed by atoms with Crippen LogP contribution in [-0.4, -0.2) is 30.8 Å². The van der Waals surface area contributed by atoms with Crippen molar-refractivity contribution in [3.63, 3.8) is 0 Å². The first-order valence-corrected chi connectivity index (χ1v) is 6.72. The third kappa shape index (κ3) is 5.62. The zero-order chi connectivity index (χ0) is 13.4. The summed E-state index contributed by atoms with van der Waals surface area (Å²) in [6.07, 6.45) is -0.260. The van der Waals surface area contributed by atoms with E-state index in [2.05, 4.69) is 21.2 Å². The number of benzene rings is 1. The Bertz CT molecular complexity index is 384. The maximum atomic E-state index is 11.1. The van der Waals surface area contributed by atoms with Crippen molar-refractivity contribution in [1.82, 2.24) is 5.32 Å². The standard InChI is InChI=1S/C13H18BrNO3/c1-2-18-13(17)6-7-15-9-12(16)10-4-3-5-11(14)8-10/h3-5,8,12,15-16H,2,6-7,9H2,1H3. The molecular weight excluding hydrogens is 298 g/mol. The van der Waals surface area contributed by atoms with E-state index in [0.29, 0.717) is 26.1 Å². The number of hydrogen-bond donors (Lipinski definition) is 2. The first-order chi connectivity index (χ1) is 8.63. The topological polar surface area (TPSA) is 58.6 Å². The number of carbonyl (C=O) groups is 1. The van der Waals surface area contributed by atoms with Crippen LogP contribution < -0.4 is 5.32 Å². The van der Waals surface area contributed by atoms with Crippen molar-refractivity contribution in [2.24, 2.45) is 0 Å². The van der Waals surface area contributed by atoms with E-state index in [1.165, 1.54) is 0 Å². The normalized spacial score (nSPS) is 12.2. The first-order valence-electron chi connectivity index (χ1n) is 5.93. The average Bonchev–Trinajstić information content (AvgIpc) is 2.35. The highest BCUT2D eigenvalue weighted by Crippen LogP contribution is 2.17. The Morgan fingerprint density at radius 3 is 3.00 bits per heavy atom. The monoisotopic (exact) mass is 315 g/mol. The van der Waals surface area contributed by atoms with Crippen LogP contribution in [0.25, 0.3) is 0 Å². The minimum Gasteiger partial charge on any atom is -0.466 e. The number of esters is 1. The van der Waals surface area contributed by atoms with E-state index in [1.54, 1.807) is 6.92 Å². The van der Waals surface area contributed by atoms with Crippen molar-refractivity contribution in [3.05, 3.63) is 34.3 Å². The molecular formula is C13H18BrNO3. The second-order valence-corrected chi connectivity index (χ2v) is 4.75. The molecule has 0 aliphatic rings. The summed E-state index contributed by atoms with van der Waals surface area (Å²) in [6.45, 7) is 3.10. The Hall–Kier alpha value is -0.910. The first kappa shape index (κ1) is 15.1. The van der Waals surface area contributed by atoms with Crippen LogP contribution in [0.2, 0.25) is 0 Å². The number of ether oxygens (including phenoxy) is 1. The van der Waals surface area contributed by atoms with Gasteiger partial charge in [-0.3, -0.25) is 4.79 Å². The minimum absolute atomic E-state index is 0.220. The molecule has 18 heavy (non-hydrogen) atoms. The summed E-state index contributed by atoms with van der Waals surface area (Å²) in [5.74, 6) is -0.220. The second-order valence-electron chi connectivity index (χ2n) is 3.83. The van der Waals surface area contributed by atoms with Gasteiger partial charge in [0.1, 0.15) is 0 Å². The molecule has 1 rings (SSSR count). The van der Waals surface area contributed by atoms with Crippen LogP contribution in [-0.2, 0) is 9.53 Å². The van der Waals surface area contributed by atoms with E-state index in [9.17, 15) is 9.90 Å². The summed E-state index contributed by atoms with van der Waals surface area (Å²) in [4.78, 5) is 11.1. The Kier molecular flexibility index (Phi) is 6.93. The maximum absolute atomic E-state index is 11.1. The highest BCUT2D eigenvalue weighted by Gasteiger charge is 2.07. The fourth-order valence-corrected chi connectivity index (χ4v) is 1.91. The second kappa shape index (κ2) is 8.24. The molecule has 0 saturated heterocycles. The predicted octanol–water partition coefficient (Wildman–Crippen LogP) is 2.03. The summed E-state index contributed by atoms with van der Waals surface area (Å²) in [5, 5.41) is 12.9. The van der Waals surface area contributed by atoms with Gasteiger partial charge in [-0.15, -0.1) is 0 Å². The Morgan fingerprint density at radius 1 is 1.56 bits per heavy atom. The molecule has 1 unspecified atom stereocenters. The summed E-state index contributed by atoms with van der Waals surface area (Å²) in [6, 6.07) is 7.52. The maximum Gasteiger partial charge on any atom is 0.307 e. The summed E-state index contributed by atoms with van der Waals surface area (Å²) in [7, 11) is 0. The molecule has 5 heteroatoms. The third-order valence-corrected chi connectivity index (χ3v) is 2.88. The highest BCUT2D eigenvalue weighted by molar-refractivity contribution is 9.10. The van der Waals surface area contributed by atoms with Crippen LogP contribution in [0, 0.1) is 0 Å². The smallest absolute Gasteiger partial charge is 0.307 e. The molecule has 1 atom stereocenters. The van der Waals surface area contributed by atoms with Crippen LogP contribution in [0.5, 0.6) is 0 Å². The van der Waals surface area contributed by atoms with E-state index in [0.717, 1.165) is 10.0 Å². The van der Waals surface area contributed by atoms with Gasteiger partial charge < -0.3 is 15.2 Å². The summed E-state index contributed by atoms with van der Waals surface area (Å²) >= 11 is 3.36. The van der Waals surface area contributed by atoms with E-state index >= 15 is 0 Å². The SMILES string of the molecule is CCOC(=O)CCNCC(O)c1cccc(Br)c1. The van der Waals surface area contributed by atoms with Gasteiger partial charge in [0.2, 0.25) is 0 Å². The van der Waals surface area contributed by atoms with Gasteiger partial charge in [0.15, 0.2) is 0 Å². The molecule has 0 bridgehead atoms. The van der Waals surface area contributed by atoms with Crippen molar-refractivity contribution < 1.29 is 14.6 Å². The zero-order valence-corrected chi connectivity index (χ0v) is 11.9. The van der Waals surface area contributed by atoms with Crippen LogP contribution in [0.3, 0.4) is 0 Å². The van der Waals surface area contributed by atoms with Crippen LogP contribution in [0.15, 0.2) is 28.7 Å². The van der Waals surface area contributed by atoms with Gasteiger partial charge in [0.05, 0.1) is 19.1 Å². The number of nitrogens with one attached hydrogen (secondary N) is 1. The lowest BCUT2D eigenvalue weighted by Gasteiger charge is -2.12. The third-order valence-electron chi connectivity index (χ3n) is 2.38. The largest absolute Gasteiger partial charge is 0.466 e. The predicted molar refractivity (Wildman–Crippen MR) is 73.2 cm³/mol. The lowest BCUT2D eigenvalue weighted by atomic mass is 10.1. The molecule has 0 aromatic heterocycles. The van der Waals surface area contributed by atoms with Gasteiger partial charge in [-0.1, -0.05) is 28.1 Å². The molecule has 4 nitrogen and oxygen atoms in total. The van der Waals surface area contributed by atoms with Crippen molar-refractivity contribution >= 4 is 21.9 Å². The average molecular weight is 316 g/mol. The molecule has 0 aliphatic carbocycles. The molecule has 0 saturated carbocycles. The highest BCUT2D eigenvalue weighted by atomic mass is 79.9. The lowest BCUT2D eigenvalue weighted by molar-refractivity contribution is -0.143. The molecule has 1 aromatic rings. The van der Waals surface area contributed by atoms with Crippen molar-refractivity contribution in [2.75, 3.05) is 19.7 Å². The molecule has 0 spiro atoms. The number of rotatable bonds is 7. The molecule has 2 N–H and O–H groups in total. The summed E-state index contributed by atoms with van der Waals surface area (Å²) < 4.78 is 5.74. The molecule has 0 amide bonds. The Morgan fingerprint density at radius 2 is 2.33 bits per heavy atom. The van der Waals surface area contributed by atoms with Gasteiger partial charge in [-0.05, 0) is 24.6 Å². The lowest BCUT2D eigenvalue weighted by Crippen LogP contribution is -2.24. The molecule has 0 fully saturated rings. The number of aliphatic hydroxyl groups is 1. The van der Waals surface area contributed by atoms with Crippen molar-refractivity contribution in [3.8, 4) is 0 Å². The van der Waals surface area contributed by atoms with E-state index in [4.69, 9.17) is 4.74 Å². The molecule has 0 heterocycles. The van der Waals surface area contributed by atoms with Crippen LogP contribution >= 0.6 is 15.9 Å². The number of halogens is 1. The number of aliphatic hydroxyl groups excluding tert-OH is 1. The minimum atomic E-state index is -0.579. The summed E-state index contributed by atoms with van der Waals surface area (Å²) in [5.41, 5.74) is 0.841. The van der Waals surface area contributed by atoms with Crippen molar-refractivity contribution in [2.45, 2.75) is 19.4 Å². The Balaban J connectivity index is 2.25. The van der Waals surface area contributed by atoms with Crippen molar-refractivity contribution in [1.29, 1.82) is 0 Å². The molecule has 0 radical (unpaired) electrons. The Labute approximate surface area is 115 Å². The van der Waals surface area contributed by atoms with Crippen LogP contribution in [0.4, 0.5) is 0 Å². The van der Waals surface area contributed by atoms with Gasteiger partial charge >= 0.3 is 5.97 Å². The van der Waals surface area contributed by atoms with E-state index in [1.807, 2.05) is 24.3 Å². The van der Waals surface area contributed by atoms with E-state index < -0.39 is 6.10 Å². The van der Waals surface area contributed by atoms with Gasteiger partial charge in [-0.25, -0.2) is 0 Å². The van der Waals surface area contributed by atoms with Gasteiger partial charge in [-0.2, -0.15) is 0 Å². The number of hydrogen-bond acceptors (Lipinski definition) is 4. The molecule has 1 aromatic carbocycles. The fourth-order valence-electron chi connectivity index (χ4n) is 1.49. The van der Waals surface area contributed by atoms with Gasteiger partial charge in [0.25, 0.3) is 0 Å². The van der Waals surface area contributed by atoms with Crippen LogP contribution in [0.1, 0.15) is 25.0 Å². The molecule has 0 aliphatic heterocycles. The fraction of sp³-hybridized carbons (Fsp3) is 0.462. The molecule has 100 valence electrons. The zero-order valence-electron chi connectivity index (χ0n) is 10.4. The van der Waals surface area contributed by atoms with Gasteiger partial charge in [0, 0.05) is 17.6 Å². The van der Waals surface area contributed by atoms with E-state index in [-0.39, 0.29) is 5.97 Å².